The highest BCUT2D eigenvalue weighted by Gasteiger charge is 2.22. The predicted molar refractivity (Wildman–Crippen MR) is 109 cm³/mol. The Labute approximate surface area is 169 Å². The van der Waals surface area contributed by atoms with Crippen molar-refractivity contribution in [2.75, 3.05) is 29.0 Å². The van der Waals surface area contributed by atoms with Crippen molar-refractivity contribution < 1.29 is 22.7 Å². The number of aryl methyl sites for hydroxylation is 1. The first-order chi connectivity index (χ1) is 13.1. The number of hydrogen-bond acceptors (Lipinski definition) is 5. The molecule has 0 aliphatic carbocycles. The van der Waals surface area contributed by atoms with Gasteiger partial charge in [-0.05, 0) is 43.7 Å². The van der Waals surface area contributed by atoms with Gasteiger partial charge in [0.05, 0.1) is 29.8 Å². The lowest BCUT2D eigenvalue weighted by molar-refractivity contribution is -0.114. The van der Waals surface area contributed by atoms with Crippen molar-refractivity contribution in [1.29, 1.82) is 0 Å². The summed E-state index contributed by atoms with van der Waals surface area (Å²) in [6, 6.07) is 11.1. The number of carbonyl (C=O) groups excluding carboxylic acids is 2. The van der Waals surface area contributed by atoms with E-state index in [0.29, 0.717) is 5.02 Å². The maximum absolute atomic E-state index is 12.5. The Kier molecular flexibility index (Phi) is 7.04. The van der Waals surface area contributed by atoms with E-state index in [1.54, 1.807) is 38.1 Å². The molecule has 0 saturated carbocycles. The number of para-hydroxylation sites is 1. The number of nitrogens with zero attached hydrogens (tertiary/aromatic N) is 1. The average molecular weight is 425 g/mol. The monoisotopic (exact) mass is 424 g/mol. The van der Waals surface area contributed by atoms with Crippen LogP contribution in [0.2, 0.25) is 5.02 Å². The summed E-state index contributed by atoms with van der Waals surface area (Å²) in [5.74, 6) is -1.19. The first kappa shape index (κ1) is 21.7. The summed E-state index contributed by atoms with van der Waals surface area (Å²) in [7, 11) is -3.75. The third-order valence-electron chi connectivity index (χ3n) is 3.83. The van der Waals surface area contributed by atoms with E-state index in [9.17, 15) is 18.0 Å². The van der Waals surface area contributed by atoms with Crippen LogP contribution in [0.3, 0.4) is 0 Å². The number of anilines is 2. The van der Waals surface area contributed by atoms with Crippen molar-refractivity contribution in [3.05, 3.63) is 58.6 Å². The van der Waals surface area contributed by atoms with Crippen molar-refractivity contribution in [2.24, 2.45) is 0 Å². The Balaban J connectivity index is 2.26. The van der Waals surface area contributed by atoms with Gasteiger partial charge in [0.25, 0.3) is 0 Å². The summed E-state index contributed by atoms with van der Waals surface area (Å²) in [5.41, 5.74) is 1.47. The van der Waals surface area contributed by atoms with E-state index >= 15 is 0 Å². The zero-order valence-electron chi connectivity index (χ0n) is 15.7. The Morgan fingerprint density at radius 2 is 1.86 bits per heavy atom. The molecule has 0 unspecified atom stereocenters. The summed E-state index contributed by atoms with van der Waals surface area (Å²) in [6.45, 7) is 3.18. The molecule has 2 aromatic rings. The average Bonchev–Trinajstić information content (AvgIpc) is 2.62. The van der Waals surface area contributed by atoms with Crippen LogP contribution in [0.15, 0.2) is 42.5 Å². The highest BCUT2D eigenvalue weighted by Crippen LogP contribution is 2.25. The molecule has 1 N–H and O–H groups in total. The largest absolute Gasteiger partial charge is 0.462 e. The summed E-state index contributed by atoms with van der Waals surface area (Å²) in [6.07, 6.45) is 1.00. The fourth-order valence-electron chi connectivity index (χ4n) is 2.44. The number of ether oxygens (including phenoxy) is 1. The third kappa shape index (κ3) is 5.46. The fraction of sp³-hybridized carbons (Fsp3) is 0.263. The van der Waals surface area contributed by atoms with Gasteiger partial charge in [-0.15, -0.1) is 0 Å². The standard InChI is InChI=1S/C19H21ClN2O5S/c1-4-27-19(24)15-7-5-6-8-17(15)21-18(23)12-22(28(3,25)26)14-10-9-13(2)16(20)11-14/h5-11H,4,12H2,1-3H3,(H,21,23). The first-order valence-corrected chi connectivity index (χ1v) is 10.7. The Hall–Kier alpha value is -2.58. The van der Waals surface area contributed by atoms with Gasteiger partial charge in [0.2, 0.25) is 15.9 Å². The Morgan fingerprint density at radius 1 is 1.18 bits per heavy atom. The molecule has 2 aromatic carbocycles. The molecular weight excluding hydrogens is 404 g/mol. The SMILES string of the molecule is CCOC(=O)c1ccccc1NC(=O)CN(c1ccc(C)c(Cl)c1)S(C)(=O)=O. The van der Waals surface area contributed by atoms with E-state index in [2.05, 4.69) is 5.32 Å². The molecule has 0 fully saturated rings. The number of hydrogen-bond donors (Lipinski definition) is 1. The van der Waals surface area contributed by atoms with Crippen LogP contribution in [0.4, 0.5) is 11.4 Å². The second-order valence-corrected chi connectivity index (χ2v) is 8.33. The van der Waals surface area contributed by atoms with E-state index < -0.39 is 28.4 Å². The number of nitrogens with one attached hydrogen (secondary N) is 1. The van der Waals surface area contributed by atoms with Crippen LogP contribution in [-0.2, 0) is 19.6 Å². The number of amides is 1. The number of halogens is 1. The lowest BCUT2D eigenvalue weighted by atomic mass is 10.2. The second-order valence-electron chi connectivity index (χ2n) is 6.02. The molecule has 0 aliphatic rings. The van der Waals surface area contributed by atoms with Crippen molar-refractivity contribution in [1.82, 2.24) is 0 Å². The minimum absolute atomic E-state index is 0.182. The van der Waals surface area contributed by atoms with Crippen LogP contribution in [0, 0.1) is 6.92 Å². The lowest BCUT2D eigenvalue weighted by Gasteiger charge is -2.22. The van der Waals surface area contributed by atoms with Gasteiger partial charge in [-0.3, -0.25) is 9.10 Å². The molecule has 0 spiro atoms. The normalized spacial score (nSPS) is 11.0. The number of sulfonamides is 1. The van der Waals surface area contributed by atoms with Gasteiger partial charge in [0.1, 0.15) is 6.54 Å². The van der Waals surface area contributed by atoms with Gasteiger partial charge in [-0.2, -0.15) is 0 Å². The minimum atomic E-state index is -3.75. The maximum Gasteiger partial charge on any atom is 0.340 e. The van der Waals surface area contributed by atoms with Crippen LogP contribution >= 0.6 is 11.6 Å². The van der Waals surface area contributed by atoms with Gasteiger partial charge in [0, 0.05) is 5.02 Å². The molecule has 0 aliphatic heterocycles. The van der Waals surface area contributed by atoms with E-state index in [1.807, 2.05) is 0 Å². The molecule has 0 saturated heterocycles. The highest BCUT2D eigenvalue weighted by molar-refractivity contribution is 7.92. The molecule has 0 heterocycles. The number of carbonyl (C=O) groups is 2. The molecule has 1 amide bonds. The molecule has 9 heteroatoms. The van der Waals surface area contributed by atoms with Gasteiger partial charge in [0.15, 0.2) is 0 Å². The molecule has 0 atom stereocenters. The summed E-state index contributed by atoms with van der Waals surface area (Å²) in [4.78, 5) is 24.5. The summed E-state index contributed by atoms with van der Waals surface area (Å²) < 4.78 is 30.3. The Morgan fingerprint density at radius 3 is 2.46 bits per heavy atom. The van der Waals surface area contributed by atoms with Gasteiger partial charge >= 0.3 is 5.97 Å². The van der Waals surface area contributed by atoms with Gasteiger partial charge < -0.3 is 10.1 Å². The molecule has 0 radical (unpaired) electrons. The number of esters is 1. The minimum Gasteiger partial charge on any atom is -0.462 e. The fourth-order valence-corrected chi connectivity index (χ4v) is 3.46. The quantitative estimate of drug-likeness (QED) is 0.689. The van der Waals surface area contributed by atoms with Crippen LogP contribution in [0.5, 0.6) is 0 Å². The van der Waals surface area contributed by atoms with Crippen molar-refractivity contribution in [2.45, 2.75) is 13.8 Å². The first-order valence-electron chi connectivity index (χ1n) is 8.43. The Bertz CT molecular complexity index is 992. The van der Waals surface area contributed by atoms with E-state index in [1.165, 1.54) is 18.2 Å². The lowest BCUT2D eigenvalue weighted by Crippen LogP contribution is -2.37. The molecule has 150 valence electrons. The van der Waals surface area contributed by atoms with Gasteiger partial charge in [-0.25, -0.2) is 13.2 Å². The van der Waals surface area contributed by atoms with E-state index in [0.717, 1.165) is 16.1 Å². The third-order valence-corrected chi connectivity index (χ3v) is 5.38. The topological polar surface area (TPSA) is 92.8 Å². The smallest absolute Gasteiger partial charge is 0.340 e. The molecule has 7 nitrogen and oxygen atoms in total. The maximum atomic E-state index is 12.5. The van der Waals surface area contributed by atoms with Crippen LogP contribution in [-0.4, -0.2) is 39.7 Å². The molecule has 2 rings (SSSR count). The van der Waals surface area contributed by atoms with Gasteiger partial charge in [-0.1, -0.05) is 29.8 Å². The molecule has 28 heavy (non-hydrogen) atoms. The van der Waals surface area contributed by atoms with Crippen LogP contribution in [0.1, 0.15) is 22.8 Å². The highest BCUT2D eigenvalue weighted by atomic mass is 35.5. The summed E-state index contributed by atoms with van der Waals surface area (Å²) >= 11 is 6.09. The summed E-state index contributed by atoms with van der Waals surface area (Å²) in [5, 5.41) is 2.96. The van der Waals surface area contributed by atoms with Crippen LogP contribution in [0.25, 0.3) is 0 Å². The van der Waals surface area contributed by atoms with E-state index in [4.69, 9.17) is 16.3 Å². The number of rotatable bonds is 7. The van der Waals surface area contributed by atoms with Crippen molar-refractivity contribution in [3.63, 3.8) is 0 Å². The predicted octanol–water partition coefficient (Wildman–Crippen LogP) is 3.23. The zero-order valence-corrected chi connectivity index (χ0v) is 17.3. The molecule has 0 aromatic heterocycles. The number of benzene rings is 2. The van der Waals surface area contributed by atoms with Crippen molar-refractivity contribution in [3.8, 4) is 0 Å². The van der Waals surface area contributed by atoms with Crippen LogP contribution < -0.4 is 9.62 Å². The molecular formula is C19H21ClN2O5S. The van der Waals surface area contributed by atoms with Crippen molar-refractivity contribution >= 4 is 44.9 Å². The second kappa shape index (κ2) is 9.07. The van der Waals surface area contributed by atoms with E-state index in [-0.39, 0.29) is 23.5 Å². The molecule has 0 bridgehead atoms. The zero-order chi connectivity index (χ0) is 20.9.